The van der Waals surface area contributed by atoms with Crippen molar-refractivity contribution in [3.8, 4) is 0 Å². The maximum absolute atomic E-state index is 15.2. The molecule has 0 radical (unpaired) electrons. The van der Waals surface area contributed by atoms with Gasteiger partial charge in [-0.15, -0.1) is 18.8 Å². The van der Waals surface area contributed by atoms with Gasteiger partial charge in [0, 0.05) is 22.2 Å². The van der Waals surface area contributed by atoms with Crippen LogP contribution in [0.25, 0.3) is 22.3 Å². The number of nitrogens with zero attached hydrogens (tertiary/aromatic N) is 8. The fraction of sp³-hybridized carbons (Fsp3) is 0.500. The first-order valence-electron chi connectivity index (χ1n) is 14.2. The van der Waals surface area contributed by atoms with Gasteiger partial charge in [0.05, 0.1) is 25.9 Å². The van der Waals surface area contributed by atoms with Gasteiger partial charge in [-0.2, -0.15) is 0 Å². The molecule has 6 N–H and O–H groups in total. The highest BCUT2D eigenvalue weighted by Crippen LogP contribution is 2.40. The summed E-state index contributed by atoms with van der Waals surface area (Å²) >= 11 is 0. The summed E-state index contributed by atoms with van der Waals surface area (Å²) in [5, 5.41) is 25.2. The monoisotopic (exact) mass is 716 g/mol. The van der Waals surface area contributed by atoms with Crippen LogP contribution in [0.3, 0.4) is 0 Å². The molecule has 24 heteroatoms. The van der Waals surface area contributed by atoms with E-state index in [-0.39, 0.29) is 24.4 Å². The number of alkyl halides is 2. The van der Waals surface area contributed by atoms with E-state index in [0.29, 0.717) is 22.7 Å². The summed E-state index contributed by atoms with van der Waals surface area (Å²) < 4.78 is 75.7. The molecular formula is C24H28F2N10O10P2+2. The van der Waals surface area contributed by atoms with Crippen LogP contribution in [0.15, 0.2) is 37.5 Å². The fourth-order valence-electron chi connectivity index (χ4n) is 5.40. The van der Waals surface area contributed by atoms with Crippen molar-refractivity contribution in [3.05, 3.63) is 37.5 Å². The van der Waals surface area contributed by atoms with Crippen molar-refractivity contribution in [2.24, 2.45) is 0 Å². The zero-order chi connectivity index (χ0) is 33.9. The fourth-order valence-corrected chi connectivity index (χ4v) is 6.32. The molecule has 0 aromatic carbocycles. The van der Waals surface area contributed by atoms with Crippen LogP contribution in [0.1, 0.15) is 12.5 Å². The molecule has 6 rings (SSSR count). The van der Waals surface area contributed by atoms with Gasteiger partial charge < -0.3 is 30.3 Å². The maximum atomic E-state index is 15.2. The number of imidazole rings is 2. The third kappa shape index (κ3) is 6.72. The summed E-state index contributed by atoms with van der Waals surface area (Å²) in [6, 6.07) is 0. The van der Waals surface area contributed by atoms with Gasteiger partial charge in [0.2, 0.25) is 0 Å². The van der Waals surface area contributed by atoms with Gasteiger partial charge >= 0.3 is 16.5 Å². The van der Waals surface area contributed by atoms with Crippen molar-refractivity contribution < 1.29 is 56.4 Å². The lowest BCUT2D eigenvalue weighted by molar-refractivity contribution is -0.0436. The van der Waals surface area contributed by atoms with Crippen LogP contribution in [0.5, 0.6) is 0 Å². The van der Waals surface area contributed by atoms with Gasteiger partial charge in [-0.1, -0.05) is 12.2 Å². The number of rotatable bonds is 14. The van der Waals surface area contributed by atoms with E-state index < -0.39 is 78.9 Å². The number of hydrogen-bond donors (Lipinski definition) is 6. The van der Waals surface area contributed by atoms with Crippen molar-refractivity contribution in [2.75, 3.05) is 36.9 Å². The quantitative estimate of drug-likeness (QED) is 0.0769. The Labute approximate surface area is 269 Å². The summed E-state index contributed by atoms with van der Waals surface area (Å²) in [7, 11) is -6.27. The molecule has 48 heavy (non-hydrogen) atoms. The molecule has 5 unspecified atom stereocenters. The highest BCUT2D eigenvalue weighted by atomic mass is 31.1. The average molecular weight is 716 g/mol. The highest BCUT2D eigenvalue weighted by molar-refractivity contribution is 7.32. The number of aromatic nitrogens is 8. The summed E-state index contributed by atoms with van der Waals surface area (Å²) in [4.78, 5) is 43.4. The molecule has 2 saturated heterocycles. The molecule has 4 aromatic rings. The van der Waals surface area contributed by atoms with Crippen LogP contribution in [-0.2, 0) is 27.7 Å². The van der Waals surface area contributed by atoms with Gasteiger partial charge in [0.15, 0.2) is 71.0 Å². The SMILES string of the molecule is O=[P+](O)O[C@@H]1C(CO)O[C@@H](n2cnc3c(NC/C=C/CNc4ncnc5c4ncn5C4OC(CO)[C@@H](O[P+](=O)O)[C@H]4F)ncnc32)[C@@H]1F. The molecule has 4 aromatic heterocycles. The van der Waals surface area contributed by atoms with E-state index >= 15 is 8.78 Å². The lowest BCUT2D eigenvalue weighted by Gasteiger charge is -2.15. The Bertz CT molecular complexity index is 1690. The molecular weight excluding hydrogens is 688 g/mol. The van der Waals surface area contributed by atoms with E-state index in [1.807, 2.05) is 0 Å². The largest absolute Gasteiger partial charge is 0.695 e. The second-order valence-corrected chi connectivity index (χ2v) is 11.7. The molecule has 0 spiro atoms. The molecule has 2 aliphatic heterocycles. The van der Waals surface area contributed by atoms with Gasteiger partial charge in [0.25, 0.3) is 0 Å². The summed E-state index contributed by atoms with van der Waals surface area (Å²) in [5.41, 5.74) is 1.02. The molecule has 6 heterocycles. The normalized spacial score (nSPS) is 28.1. The van der Waals surface area contributed by atoms with Gasteiger partial charge in [0.1, 0.15) is 24.9 Å². The number of halogens is 2. The number of nitrogens with one attached hydrogen (secondary N) is 2. The van der Waals surface area contributed by atoms with Crippen molar-refractivity contribution in [2.45, 2.75) is 49.2 Å². The Hall–Kier alpha value is -3.82. The summed E-state index contributed by atoms with van der Waals surface area (Å²) in [6.45, 7) is -0.699. The van der Waals surface area contributed by atoms with Crippen molar-refractivity contribution in [1.82, 2.24) is 39.0 Å². The second kappa shape index (κ2) is 14.7. The van der Waals surface area contributed by atoms with E-state index in [2.05, 4.69) is 40.5 Å². The smallest absolute Gasteiger partial charge is 0.394 e. The molecule has 0 amide bonds. The Kier molecular flexibility index (Phi) is 10.5. The maximum Gasteiger partial charge on any atom is 0.695 e. The second-order valence-electron chi connectivity index (χ2n) is 10.3. The summed E-state index contributed by atoms with van der Waals surface area (Å²) in [6.07, 6.45) is -3.18. The van der Waals surface area contributed by atoms with Crippen LogP contribution >= 0.6 is 16.5 Å². The minimum atomic E-state index is -3.13. The van der Waals surface area contributed by atoms with Crippen molar-refractivity contribution in [1.29, 1.82) is 0 Å². The Morgan fingerprint density at radius 2 is 1.17 bits per heavy atom. The Morgan fingerprint density at radius 3 is 1.54 bits per heavy atom. The molecule has 20 nitrogen and oxygen atoms in total. The first-order valence-corrected chi connectivity index (χ1v) is 16.4. The number of fused-ring (bicyclic) bond motifs is 2. The Morgan fingerprint density at radius 1 is 0.750 bits per heavy atom. The molecule has 256 valence electrons. The predicted molar refractivity (Wildman–Crippen MR) is 158 cm³/mol. The summed E-state index contributed by atoms with van der Waals surface area (Å²) in [5.74, 6) is 0.667. The van der Waals surface area contributed by atoms with Crippen LogP contribution in [-0.4, -0.2) is 122 Å². The van der Waals surface area contributed by atoms with Crippen molar-refractivity contribution >= 4 is 50.5 Å². The molecule has 2 fully saturated rings. The molecule has 10 atom stereocenters. The first kappa shape index (κ1) is 34.1. The molecule has 0 saturated carbocycles. The number of ether oxygens (including phenoxy) is 2. The number of aliphatic hydroxyl groups excluding tert-OH is 2. The van der Waals surface area contributed by atoms with Gasteiger partial charge in [-0.3, -0.25) is 9.13 Å². The zero-order valence-corrected chi connectivity index (χ0v) is 26.2. The average Bonchev–Trinajstić information content (AvgIpc) is 3.83. The topological polar surface area (TPSA) is 263 Å². The Balaban J connectivity index is 1.07. The third-order valence-corrected chi connectivity index (χ3v) is 8.37. The molecule has 2 aliphatic rings. The minimum absolute atomic E-state index is 0.213. The van der Waals surface area contributed by atoms with Crippen molar-refractivity contribution in [3.63, 3.8) is 0 Å². The lowest BCUT2D eigenvalue weighted by atomic mass is 10.1. The number of hydrogen-bond acceptors (Lipinski definition) is 16. The van der Waals surface area contributed by atoms with E-state index in [4.69, 9.17) is 28.3 Å². The standard InChI is InChI=1S/C24H26F2N10O10P2/c25-13-17(45-47(39)40)11(5-37)43-23(13)35-9-33-15-19(29-7-31-21(15)35)27-3-1-2-4-28-20-16-22(32-8-30-20)36(10-34-16)24-14(26)18(46-48(41)42)12(6-38)44-24/h1-2,7-14,17-18,23-24,37-38H,3-6H2,(H2-2,27,28,29,30,31,32,39,40,41,42)/p+2/b2-1+/t11?,12?,13-,14-,17-,18-,23-,24?/m1/s1. The van der Waals surface area contributed by atoms with Crippen LogP contribution in [0, 0.1) is 0 Å². The highest BCUT2D eigenvalue weighted by Gasteiger charge is 2.52. The van der Waals surface area contributed by atoms with Crippen LogP contribution in [0.2, 0.25) is 0 Å². The zero-order valence-electron chi connectivity index (χ0n) is 24.4. The predicted octanol–water partition coefficient (Wildman–Crippen LogP) is 0.572. The minimum Gasteiger partial charge on any atom is -0.394 e. The number of aliphatic hydroxyl groups is 2. The first-order chi connectivity index (χ1) is 23.2. The van der Waals surface area contributed by atoms with E-state index in [9.17, 15) is 19.3 Å². The van der Waals surface area contributed by atoms with Gasteiger partial charge in [-0.25, -0.2) is 38.7 Å². The van der Waals surface area contributed by atoms with E-state index in [1.54, 1.807) is 12.2 Å². The number of anilines is 2. The molecule has 0 bridgehead atoms. The molecule has 0 aliphatic carbocycles. The van der Waals surface area contributed by atoms with Gasteiger partial charge in [-0.05, 0) is 0 Å². The lowest BCUT2D eigenvalue weighted by Crippen LogP contribution is -2.32. The van der Waals surface area contributed by atoms with Crippen LogP contribution < -0.4 is 10.6 Å². The van der Waals surface area contributed by atoms with E-state index in [1.165, 1.54) is 34.4 Å². The van der Waals surface area contributed by atoms with E-state index in [0.717, 1.165) is 0 Å². The van der Waals surface area contributed by atoms with Crippen LogP contribution in [0.4, 0.5) is 20.4 Å². The third-order valence-electron chi connectivity index (χ3n) is 7.52.